The van der Waals surface area contributed by atoms with Crippen LogP contribution in [0.1, 0.15) is 15.9 Å². The Balaban J connectivity index is 1.91. The van der Waals surface area contributed by atoms with Crippen LogP contribution in [0.3, 0.4) is 0 Å². The molecule has 0 amide bonds. The van der Waals surface area contributed by atoms with Crippen molar-refractivity contribution in [1.29, 1.82) is 5.26 Å². The Labute approximate surface area is 182 Å². The van der Waals surface area contributed by atoms with Gasteiger partial charge in [-0.15, -0.1) is 0 Å². The van der Waals surface area contributed by atoms with Crippen molar-refractivity contribution in [3.05, 3.63) is 78.5 Å². The Bertz CT molecular complexity index is 1160. The summed E-state index contributed by atoms with van der Waals surface area (Å²) in [6, 6.07) is 13.5. The molecule has 0 saturated heterocycles. The number of benzene rings is 2. The summed E-state index contributed by atoms with van der Waals surface area (Å²) in [7, 11) is 0. The number of nitrogens with one attached hydrogen (secondary N) is 1. The number of carbonyl (C=O) groups excluding carboxylic acids is 1. The third-order valence-corrected chi connectivity index (χ3v) is 5.65. The van der Waals surface area contributed by atoms with Crippen LogP contribution in [0.2, 0.25) is 10.0 Å². The molecule has 0 unspecified atom stereocenters. The molecule has 5 nitrogen and oxygen atoms in total. The van der Waals surface area contributed by atoms with Gasteiger partial charge in [0.05, 0.1) is 16.5 Å². The van der Waals surface area contributed by atoms with Crippen molar-refractivity contribution in [2.75, 3.05) is 5.75 Å². The summed E-state index contributed by atoms with van der Waals surface area (Å²) in [4.78, 5) is 31.5. The predicted molar refractivity (Wildman–Crippen MR) is 114 cm³/mol. The zero-order valence-electron chi connectivity index (χ0n) is 14.0. The predicted octanol–water partition coefficient (Wildman–Crippen LogP) is 5.35. The van der Waals surface area contributed by atoms with Crippen molar-refractivity contribution < 1.29 is 4.79 Å². The van der Waals surface area contributed by atoms with Gasteiger partial charge in [-0.3, -0.25) is 9.59 Å². The lowest BCUT2D eigenvalue weighted by molar-refractivity contribution is 0.102. The Hall–Kier alpha value is -2.11. The lowest BCUT2D eigenvalue weighted by atomic mass is 10.1. The Morgan fingerprint density at radius 1 is 1.21 bits per heavy atom. The van der Waals surface area contributed by atoms with Crippen LogP contribution in [0, 0.1) is 11.3 Å². The number of thioether (sulfide) groups is 1. The van der Waals surface area contributed by atoms with E-state index in [1.807, 2.05) is 6.07 Å². The van der Waals surface area contributed by atoms with Crippen LogP contribution in [0.5, 0.6) is 0 Å². The molecule has 0 saturated carbocycles. The number of hydrogen-bond acceptors (Lipinski definition) is 5. The molecule has 0 bridgehead atoms. The highest BCUT2D eigenvalue weighted by atomic mass is 79.9. The summed E-state index contributed by atoms with van der Waals surface area (Å²) < 4.78 is 0.874. The first-order valence-corrected chi connectivity index (χ1v) is 10.3. The van der Waals surface area contributed by atoms with E-state index in [1.54, 1.807) is 36.4 Å². The lowest BCUT2D eigenvalue weighted by Gasteiger charge is -2.08. The molecule has 0 spiro atoms. The first-order valence-electron chi connectivity index (χ1n) is 7.80. The molecule has 2 aromatic carbocycles. The number of H-pyrrole nitrogens is 1. The number of rotatable bonds is 5. The first-order chi connectivity index (χ1) is 13.4. The maximum absolute atomic E-state index is 12.3. The van der Waals surface area contributed by atoms with Crippen LogP contribution in [-0.2, 0) is 0 Å². The molecular weight excluding hydrogens is 485 g/mol. The molecule has 0 aliphatic rings. The number of hydrogen-bond donors (Lipinski definition) is 1. The van der Waals surface area contributed by atoms with E-state index < -0.39 is 5.56 Å². The maximum atomic E-state index is 12.3. The summed E-state index contributed by atoms with van der Waals surface area (Å²) in [5, 5.41) is 10.3. The third-order valence-electron chi connectivity index (χ3n) is 3.70. The summed E-state index contributed by atoms with van der Waals surface area (Å²) in [6.07, 6.45) is 0. The van der Waals surface area contributed by atoms with E-state index in [-0.39, 0.29) is 33.0 Å². The molecule has 0 aliphatic carbocycles. The van der Waals surface area contributed by atoms with E-state index in [0.717, 1.165) is 16.2 Å². The van der Waals surface area contributed by atoms with E-state index in [1.165, 1.54) is 6.07 Å². The van der Waals surface area contributed by atoms with Gasteiger partial charge in [-0.05, 0) is 30.3 Å². The number of Topliss-reactive ketones (excluding diaryl/α,β-unsaturated/α-hetero) is 1. The van der Waals surface area contributed by atoms with Crippen LogP contribution < -0.4 is 5.56 Å². The number of nitriles is 1. The average Bonchev–Trinajstić information content (AvgIpc) is 2.66. The van der Waals surface area contributed by atoms with Crippen LogP contribution in [0.4, 0.5) is 0 Å². The van der Waals surface area contributed by atoms with Gasteiger partial charge in [0.1, 0.15) is 11.6 Å². The van der Waals surface area contributed by atoms with Gasteiger partial charge in [-0.2, -0.15) is 5.26 Å². The highest BCUT2D eigenvalue weighted by molar-refractivity contribution is 9.10. The molecule has 3 rings (SSSR count). The number of halogens is 3. The third kappa shape index (κ3) is 4.65. The number of aromatic nitrogens is 2. The fraction of sp³-hybridized carbons (Fsp3) is 0.0526. The van der Waals surface area contributed by atoms with Gasteiger partial charge in [0.15, 0.2) is 10.9 Å². The average molecular weight is 495 g/mol. The highest BCUT2D eigenvalue weighted by Gasteiger charge is 2.17. The van der Waals surface area contributed by atoms with Gasteiger partial charge < -0.3 is 4.98 Å². The number of carbonyl (C=O) groups is 1. The molecule has 140 valence electrons. The second kappa shape index (κ2) is 8.93. The summed E-state index contributed by atoms with van der Waals surface area (Å²) >= 11 is 16.5. The Kier molecular flexibility index (Phi) is 6.57. The fourth-order valence-electron chi connectivity index (χ4n) is 2.35. The monoisotopic (exact) mass is 493 g/mol. The molecule has 3 aromatic rings. The Morgan fingerprint density at radius 2 is 1.93 bits per heavy atom. The molecule has 28 heavy (non-hydrogen) atoms. The number of aromatic amines is 1. The topological polar surface area (TPSA) is 86.6 Å². The van der Waals surface area contributed by atoms with Gasteiger partial charge in [0, 0.05) is 20.6 Å². The van der Waals surface area contributed by atoms with Crippen molar-refractivity contribution in [2.24, 2.45) is 0 Å². The molecule has 0 radical (unpaired) electrons. The Morgan fingerprint density at radius 3 is 2.57 bits per heavy atom. The van der Waals surface area contributed by atoms with Gasteiger partial charge in [-0.25, -0.2) is 4.98 Å². The molecular formula is C19H10BrCl2N3O2S. The molecule has 0 aliphatic heterocycles. The smallest absolute Gasteiger partial charge is 0.270 e. The fourth-order valence-corrected chi connectivity index (χ4v) is 3.87. The molecule has 1 N–H and O–H groups in total. The standard InChI is InChI=1S/C19H10BrCl2N3O2S/c20-11-3-1-10(2-4-11)16(26)9-28-19-24-17(14(8-23)18(27)25-19)13-6-5-12(21)7-15(13)22/h1-7H,9H2,(H,24,25,27). The quantitative estimate of drug-likeness (QED) is 0.293. The van der Waals surface area contributed by atoms with Crippen molar-refractivity contribution in [3.8, 4) is 17.3 Å². The van der Waals surface area contributed by atoms with Crippen molar-refractivity contribution in [3.63, 3.8) is 0 Å². The normalized spacial score (nSPS) is 10.5. The minimum Gasteiger partial charge on any atom is -0.300 e. The molecule has 0 atom stereocenters. The van der Waals surface area contributed by atoms with Gasteiger partial charge in [0.25, 0.3) is 5.56 Å². The van der Waals surface area contributed by atoms with E-state index in [2.05, 4.69) is 25.9 Å². The first kappa shape index (κ1) is 20.6. The van der Waals surface area contributed by atoms with Crippen LogP contribution >= 0.6 is 50.9 Å². The minimum absolute atomic E-state index is 0.0737. The van der Waals surface area contributed by atoms with Gasteiger partial charge in [-0.1, -0.05) is 63.0 Å². The van der Waals surface area contributed by atoms with Crippen molar-refractivity contribution >= 4 is 56.7 Å². The second-order valence-electron chi connectivity index (χ2n) is 5.55. The van der Waals surface area contributed by atoms with E-state index in [9.17, 15) is 14.9 Å². The number of ketones is 1. The van der Waals surface area contributed by atoms with Crippen LogP contribution in [0.15, 0.2) is 56.9 Å². The zero-order valence-corrected chi connectivity index (χ0v) is 17.9. The molecule has 9 heteroatoms. The molecule has 1 aromatic heterocycles. The van der Waals surface area contributed by atoms with E-state index >= 15 is 0 Å². The molecule has 0 fully saturated rings. The highest BCUT2D eigenvalue weighted by Crippen LogP contribution is 2.31. The maximum Gasteiger partial charge on any atom is 0.270 e. The summed E-state index contributed by atoms with van der Waals surface area (Å²) in [5.41, 5.74) is 0.346. The minimum atomic E-state index is -0.600. The lowest BCUT2D eigenvalue weighted by Crippen LogP contribution is -2.15. The van der Waals surface area contributed by atoms with E-state index in [0.29, 0.717) is 16.1 Å². The largest absolute Gasteiger partial charge is 0.300 e. The van der Waals surface area contributed by atoms with Crippen molar-refractivity contribution in [2.45, 2.75) is 5.16 Å². The zero-order chi connectivity index (χ0) is 20.3. The summed E-state index contributed by atoms with van der Waals surface area (Å²) in [5.74, 6) is -0.0415. The second-order valence-corrected chi connectivity index (χ2v) is 8.27. The SMILES string of the molecule is N#Cc1c(-c2ccc(Cl)cc2Cl)nc(SCC(=O)c2ccc(Br)cc2)[nH]c1=O. The number of nitrogens with zero attached hydrogens (tertiary/aromatic N) is 2. The van der Waals surface area contributed by atoms with Crippen LogP contribution in [-0.4, -0.2) is 21.5 Å². The van der Waals surface area contributed by atoms with E-state index in [4.69, 9.17) is 23.2 Å². The van der Waals surface area contributed by atoms with Crippen LogP contribution in [0.25, 0.3) is 11.3 Å². The molecule has 1 heterocycles. The van der Waals surface area contributed by atoms with Crippen molar-refractivity contribution in [1.82, 2.24) is 9.97 Å². The van der Waals surface area contributed by atoms with Gasteiger partial charge in [0.2, 0.25) is 0 Å². The summed E-state index contributed by atoms with van der Waals surface area (Å²) in [6.45, 7) is 0. The van der Waals surface area contributed by atoms with Gasteiger partial charge >= 0.3 is 0 Å².